The number of aliphatic hydroxyl groups is 1. The molecule has 0 heterocycles. The van der Waals surface area contributed by atoms with Gasteiger partial charge in [-0.3, -0.25) is 4.79 Å². The summed E-state index contributed by atoms with van der Waals surface area (Å²) in [6.07, 6.45) is 2.25. The third kappa shape index (κ3) is 7.34. The van der Waals surface area contributed by atoms with E-state index in [0.29, 0.717) is 13.0 Å². The zero-order chi connectivity index (χ0) is 13.5. The first-order valence-electron chi connectivity index (χ1n) is 6.42. The minimum atomic E-state index is -0.139. The second-order valence-electron chi connectivity index (χ2n) is 5.80. The van der Waals surface area contributed by atoms with Crippen LogP contribution in [0.2, 0.25) is 0 Å². The van der Waals surface area contributed by atoms with Crippen molar-refractivity contribution in [3.63, 3.8) is 0 Å². The fraction of sp³-hybridized carbons (Fsp3) is 0.923. The van der Waals surface area contributed by atoms with Gasteiger partial charge in [0.15, 0.2) is 0 Å². The Labute approximate surface area is 105 Å². The lowest BCUT2D eigenvalue weighted by Crippen LogP contribution is -2.41. The number of carbonyl (C=O) groups is 1. The van der Waals surface area contributed by atoms with Crippen LogP contribution < -0.4 is 11.1 Å². The van der Waals surface area contributed by atoms with Crippen LogP contribution in [0.15, 0.2) is 0 Å². The third-order valence-corrected chi connectivity index (χ3v) is 3.20. The number of hydrogen-bond donors (Lipinski definition) is 3. The fourth-order valence-electron chi connectivity index (χ4n) is 1.67. The summed E-state index contributed by atoms with van der Waals surface area (Å²) >= 11 is 0. The standard InChI is InChI=1S/C13H28N2O2/c1-10(2)11(9-16)15-12(17)5-6-13(3,4)7-8-14/h10-11,16H,5-9,14H2,1-4H3,(H,15,17)/t11-/m1/s1. The van der Waals surface area contributed by atoms with Crippen LogP contribution in [-0.4, -0.2) is 30.2 Å². The monoisotopic (exact) mass is 244 g/mol. The molecule has 0 aliphatic rings. The van der Waals surface area contributed by atoms with Gasteiger partial charge in [0, 0.05) is 6.42 Å². The van der Waals surface area contributed by atoms with Crippen molar-refractivity contribution in [2.75, 3.05) is 13.2 Å². The van der Waals surface area contributed by atoms with Crippen molar-refractivity contribution in [2.24, 2.45) is 17.1 Å². The number of aliphatic hydroxyl groups excluding tert-OH is 1. The van der Waals surface area contributed by atoms with Crippen molar-refractivity contribution in [1.82, 2.24) is 5.32 Å². The smallest absolute Gasteiger partial charge is 0.220 e. The van der Waals surface area contributed by atoms with Crippen LogP contribution in [-0.2, 0) is 4.79 Å². The molecular weight excluding hydrogens is 216 g/mol. The minimum Gasteiger partial charge on any atom is -0.394 e. The lowest BCUT2D eigenvalue weighted by Gasteiger charge is -2.25. The highest BCUT2D eigenvalue weighted by molar-refractivity contribution is 5.76. The Morgan fingerprint density at radius 1 is 1.35 bits per heavy atom. The third-order valence-electron chi connectivity index (χ3n) is 3.20. The lowest BCUT2D eigenvalue weighted by molar-refractivity contribution is -0.123. The minimum absolute atomic E-state index is 0.00437. The largest absolute Gasteiger partial charge is 0.394 e. The molecule has 4 N–H and O–H groups in total. The molecule has 0 rings (SSSR count). The van der Waals surface area contributed by atoms with E-state index in [2.05, 4.69) is 19.2 Å². The molecule has 0 radical (unpaired) electrons. The first kappa shape index (κ1) is 16.4. The molecule has 0 unspecified atom stereocenters. The lowest BCUT2D eigenvalue weighted by atomic mass is 9.84. The van der Waals surface area contributed by atoms with Gasteiger partial charge < -0.3 is 16.2 Å². The highest BCUT2D eigenvalue weighted by Crippen LogP contribution is 2.25. The Morgan fingerprint density at radius 2 is 1.94 bits per heavy atom. The summed E-state index contributed by atoms with van der Waals surface area (Å²) in [5.41, 5.74) is 5.64. The number of hydrogen-bond acceptors (Lipinski definition) is 3. The van der Waals surface area contributed by atoms with Crippen LogP contribution in [0.25, 0.3) is 0 Å². The Balaban J connectivity index is 4.02. The normalized spacial score (nSPS) is 13.8. The maximum Gasteiger partial charge on any atom is 0.220 e. The number of rotatable bonds is 8. The van der Waals surface area contributed by atoms with Crippen LogP contribution in [0.3, 0.4) is 0 Å². The summed E-state index contributed by atoms with van der Waals surface area (Å²) in [4.78, 5) is 11.7. The van der Waals surface area contributed by atoms with Gasteiger partial charge in [0.05, 0.1) is 12.6 Å². The van der Waals surface area contributed by atoms with E-state index in [-0.39, 0.29) is 29.9 Å². The summed E-state index contributed by atoms with van der Waals surface area (Å²) in [5, 5.41) is 12.0. The van der Waals surface area contributed by atoms with Gasteiger partial charge in [-0.25, -0.2) is 0 Å². The van der Waals surface area contributed by atoms with Crippen LogP contribution in [0.5, 0.6) is 0 Å². The van der Waals surface area contributed by atoms with Gasteiger partial charge in [0.2, 0.25) is 5.91 Å². The molecule has 0 aliphatic carbocycles. The predicted octanol–water partition coefficient (Wildman–Crippen LogP) is 1.27. The van der Waals surface area contributed by atoms with Crippen molar-refractivity contribution in [2.45, 2.75) is 53.0 Å². The van der Waals surface area contributed by atoms with Crippen molar-refractivity contribution in [3.8, 4) is 0 Å². The number of nitrogens with one attached hydrogen (secondary N) is 1. The molecule has 1 amide bonds. The maximum absolute atomic E-state index is 11.7. The maximum atomic E-state index is 11.7. The van der Waals surface area contributed by atoms with Crippen molar-refractivity contribution >= 4 is 5.91 Å². The van der Waals surface area contributed by atoms with Gasteiger partial charge in [0.1, 0.15) is 0 Å². The summed E-state index contributed by atoms with van der Waals surface area (Å²) in [6, 6.07) is -0.139. The molecule has 0 aromatic rings. The van der Waals surface area contributed by atoms with Gasteiger partial charge in [-0.1, -0.05) is 27.7 Å². The molecule has 0 fully saturated rings. The molecule has 0 saturated carbocycles. The summed E-state index contributed by atoms with van der Waals surface area (Å²) in [6.45, 7) is 8.87. The SMILES string of the molecule is CC(C)[C@@H](CO)NC(=O)CCC(C)(C)CCN. The quantitative estimate of drug-likeness (QED) is 0.602. The summed E-state index contributed by atoms with van der Waals surface area (Å²) in [5.74, 6) is 0.267. The van der Waals surface area contributed by atoms with E-state index in [1.165, 1.54) is 0 Å². The molecule has 0 bridgehead atoms. The van der Waals surface area contributed by atoms with Crippen LogP contribution in [0, 0.1) is 11.3 Å². The Morgan fingerprint density at radius 3 is 2.35 bits per heavy atom. The zero-order valence-electron chi connectivity index (χ0n) is 11.6. The average molecular weight is 244 g/mol. The van der Waals surface area contributed by atoms with Crippen LogP contribution >= 0.6 is 0 Å². The molecule has 4 heteroatoms. The fourth-order valence-corrected chi connectivity index (χ4v) is 1.67. The van der Waals surface area contributed by atoms with Gasteiger partial charge in [-0.2, -0.15) is 0 Å². The molecule has 0 aromatic carbocycles. The number of carbonyl (C=O) groups excluding carboxylic acids is 1. The van der Waals surface area contributed by atoms with E-state index < -0.39 is 0 Å². The molecule has 0 aromatic heterocycles. The predicted molar refractivity (Wildman–Crippen MR) is 70.5 cm³/mol. The van der Waals surface area contributed by atoms with Crippen LogP contribution in [0.4, 0.5) is 0 Å². The summed E-state index contributed by atoms with van der Waals surface area (Å²) in [7, 11) is 0. The van der Waals surface area contributed by atoms with E-state index in [4.69, 9.17) is 10.8 Å². The van der Waals surface area contributed by atoms with Crippen LogP contribution in [0.1, 0.15) is 47.0 Å². The second kappa shape index (κ2) is 7.67. The van der Waals surface area contributed by atoms with Crippen molar-refractivity contribution in [3.05, 3.63) is 0 Å². The average Bonchev–Trinajstić information content (AvgIpc) is 2.22. The topological polar surface area (TPSA) is 75.3 Å². The molecule has 17 heavy (non-hydrogen) atoms. The molecule has 102 valence electrons. The summed E-state index contributed by atoms with van der Waals surface area (Å²) < 4.78 is 0. The molecule has 0 spiro atoms. The van der Waals surface area contributed by atoms with E-state index in [0.717, 1.165) is 12.8 Å². The Hall–Kier alpha value is -0.610. The number of nitrogens with two attached hydrogens (primary N) is 1. The van der Waals surface area contributed by atoms with Gasteiger partial charge in [-0.05, 0) is 30.7 Å². The van der Waals surface area contributed by atoms with Gasteiger partial charge >= 0.3 is 0 Å². The molecular formula is C13H28N2O2. The first-order chi connectivity index (χ1) is 7.82. The second-order valence-corrected chi connectivity index (χ2v) is 5.80. The van der Waals surface area contributed by atoms with E-state index >= 15 is 0 Å². The molecule has 4 nitrogen and oxygen atoms in total. The van der Waals surface area contributed by atoms with E-state index in [9.17, 15) is 4.79 Å². The molecule has 0 aliphatic heterocycles. The van der Waals surface area contributed by atoms with Crippen molar-refractivity contribution in [1.29, 1.82) is 0 Å². The van der Waals surface area contributed by atoms with E-state index in [1.807, 2.05) is 13.8 Å². The van der Waals surface area contributed by atoms with E-state index in [1.54, 1.807) is 0 Å². The Bertz CT molecular complexity index is 227. The Kier molecular flexibility index (Phi) is 7.39. The molecule has 0 saturated heterocycles. The molecule has 1 atom stereocenters. The number of amides is 1. The first-order valence-corrected chi connectivity index (χ1v) is 6.42. The van der Waals surface area contributed by atoms with Crippen molar-refractivity contribution < 1.29 is 9.90 Å². The highest BCUT2D eigenvalue weighted by Gasteiger charge is 2.20. The van der Waals surface area contributed by atoms with Gasteiger partial charge in [0.25, 0.3) is 0 Å². The highest BCUT2D eigenvalue weighted by atomic mass is 16.3. The zero-order valence-corrected chi connectivity index (χ0v) is 11.6. The van der Waals surface area contributed by atoms with Gasteiger partial charge in [-0.15, -0.1) is 0 Å².